The predicted molar refractivity (Wildman–Crippen MR) is 184 cm³/mol. The molecule has 9 heteroatoms. The van der Waals surface area contributed by atoms with Gasteiger partial charge in [0.25, 0.3) is 0 Å². The van der Waals surface area contributed by atoms with Crippen molar-refractivity contribution in [2.24, 2.45) is 28.1 Å². The second kappa shape index (κ2) is 12.7. The van der Waals surface area contributed by atoms with Gasteiger partial charge in [-0.05, 0) is 62.0 Å². The topological polar surface area (TPSA) is 111 Å². The highest BCUT2D eigenvalue weighted by Gasteiger charge is 2.78. The third-order valence-electron chi connectivity index (χ3n) is 13.1. The zero-order chi connectivity index (χ0) is 35.6. The summed E-state index contributed by atoms with van der Waals surface area (Å²) in [5, 5.41) is 0. The van der Waals surface area contributed by atoms with Crippen molar-refractivity contribution >= 4 is 24.0 Å². The summed E-state index contributed by atoms with van der Waals surface area (Å²) in [6, 6.07) is 11.6. The van der Waals surface area contributed by atoms with Crippen molar-refractivity contribution in [3.05, 3.63) is 88.9 Å². The highest BCUT2D eigenvalue weighted by atomic mass is 16.6. The van der Waals surface area contributed by atoms with Crippen LogP contribution in [0.25, 0.3) is 6.08 Å². The minimum atomic E-state index is -0.802. The lowest BCUT2D eigenvalue weighted by Gasteiger charge is -2.65. The average molecular weight is 685 g/mol. The van der Waals surface area contributed by atoms with E-state index in [1.807, 2.05) is 36.4 Å². The number of ether oxygens (including phenoxy) is 5. The van der Waals surface area contributed by atoms with Gasteiger partial charge < -0.3 is 28.1 Å². The van der Waals surface area contributed by atoms with Crippen molar-refractivity contribution in [3.8, 4) is 0 Å². The van der Waals surface area contributed by atoms with Crippen LogP contribution in [0.3, 0.4) is 0 Å². The Morgan fingerprint density at radius 1 is 1.02 bits per heavy atom. The number of allylic oxidation sites excluding steroid dienone is 2. The number of rotatable bonds is 8. The first-order valence-electron chi connectivity index (χ1n) is 17.7. The van der Waals surface area contributed by atoms with E-state index in [0.29, 0.717) is 12.2 Å². The van der Waals surface area contributed by atoms with Crippen LogP contribution < -0.4 is 0 Å². The van der Waals surface area contributed by atoms with Crippen LogP contribution in [0, 0.1) is 28.1 Å². The summed E-state index contributed by atoms with van der Waals surface area (Å²) >= 11 is 0. The van der Waals surface area contributed by atoms with Gasteiger partial charge in [0, 0.05) is 52.6 Å². The van der Waals surface area contributed by atoms with E-state index in [1.165, 1.54) is 24.3 Å². The summed E-state index contributed by atoms with van der Waals surface area (Å²) in [6.07, 6.45) is 7.22. The van der Waals surface area contributed by atoms with Crippen LogP contribution in [0.2, 0.25) is 0 Å². The molecular formula is C41H48O9. The number of furan rings is 1. The quantitative estimate of drug-likeness (QED) is 0.126. The Labute approximate surface area is 294 Å². The van der Waals surface area contributed by atoms with Crippen LogP contribution >= 0.6 is 0 Å². The van der Waals surface area contributed by atoms with Gasteiger partial charge in [0.2, 0.25) is 0 Å². The Hall–Kier alpha value is -3.95. The van der Waals surface area contributed by atoms with Crippen molar-refractivity contribution in [2.45, 2.75) is 97.2 Å². The first-order chi connectivity index (χ1) is 23.9. The molecule has 2 saturated carbocycles. The van der Waals surface area contributed by atoms with E-state index in [2.05, 4.69) is 27.7 Å². The van der Waals surface area contributed by atoms with Gasteiger partial charge in [0.15, 0.2) is 0 Å². The van der Waals surface area contributed by atoms with Crippen molar-refractivity contribution in [1.82, 2.24) is 0 Å². The Morgan fingerprint density at radius 2 is 1.78 bits per heavy atom. The number of carbonyl (C=O) groups excluding carboxylic acids is 3. The molecule has 0 N–H and O–H groups in total. The molecule has 0 amide bonds. The zero-order valence-corrected chi connectivity index (χ0v) is 30.0. The third-order valence-corrected chi connectivity index (χ3v) is 13.1. The SMILES string of the molecule is C/C=C(\C)C(=O)O[C@@H]1C[C@H](OC(=O)/C=C/c2ccccc2)[C@@]2(C)[C@H]3[C@@H](OC[C@]13C)[C@H]1O[C@@H]3C[C@@H](c4ccoc4)C(C)=C3[C@@]1(C)[C@@H]2CC(=O)OC. The van der Waals surface area contributed by atoms with Crippen LogP contribution in [-0.4, -0.2) is 62.1 Å². The summed E-state index contributed by atoms with van der Waals surface area (Å²) in [7, 11) is 1.41. The standard InChI is InChI=1S/C41H48O9/c1-8-23(2)38(44)50-30-20-31(49-32(42)15-14-25-12-10-9-11-13-25)40(5)29(19-33(43)45-7)41(6)34-24(3)27(26-16-17-46-21-26)18-28(34)48-37(41)35-36(40)39(30,4)22-47-35/h8-17,21,27-31,35-37H,18-20,22H2,1-7H3/b15-14+,23-8+/t27-,28-,29-,30-,31+,35-,36+,37-,39-,40+,41-/m1/s1. The molecule has 0 radical (unpaired) electrons. The van der Waals surface area contributed by atoms with Gasteiger partial charge in [-0.3, -0.25) is 4.79 Å². The van der Waals surface area contributed by atoms with Crippen molar-refractivity contribution in [1.29, 1.82) is 0 Å². The van der Waals surface area contributed by atoms with Gasteiger partial charge in [-0.1, -0.05) is 62.8 Å². The molecule has 2 aromatic rings. The Morgan fingerprint density at radius 3 is 2.46 bits per heavy atom. The van der Waals surface area contributed by atoms with Crippen LogP contribution in [0.5, 0.6) is 0 Å². The molecule has 50 heavy (non-hydrogen) atoms. The Bertz CT molecular complexity index is 1740. The lowest BCUT2D eigenvalue weighted by Crippen LogP contribution is -2.71. The van der Waals surface area contributed by atoms with Gasteiger partial charge in [0.05, 0.1) is 44.6 Å². The molecular weight excluding hydrogens is 636 g/mol. The lowest BCUT2D eigenvalue weighted by molar-refractivity contribution is -0.250. The maximum atomic E-state index is 13.8. The Kier molecular flexibility index (Phi) is 8.74. The Balaban J connectivity index is 1.36. The maximum absolute atomic E-state index is 13.8. The summed E-state index contributed by atoms with van der Waals surface area (Å²) in [6.45, 7) is 12.5. The van der Waals surface area contributed by atoms with Gasteiger partial charge >= 0.3 is 17.9 Å². The number of esters is 3. The molecule has 4 fully saturated rings. The second-order valence-electron chi connectivity index (χ2n) is 15.5. The molecule has 2 aliphatic heterocycles. The van der Waals surface area contributed by atoms with Crippen molar-refractivity contribution < 1.29 is 42.5 Å². The number of methoxy groups -OCH3 is 1. The van der Waals surface area contributed by atoms with E-state index in [1.54, 1.807) is 38.5 Å². The molecule has 11 atom stereocenters. The van der Waals surface area contributed by atoms with Gasteiger partial charge in [-0.15, -0.1) is 0 Å². The minimum absolute atomic E-state index is 0.0958. The first-order valence-corrected chi connectivity index (χ1v) is 17.7. The lowest BCUT2D eigenvalue weighted by atomic mass is 9.40. The molecule has 0 unspecified atom stereocenters. The smallest absolute Gasteiger partial charge is 0.333 e. The molecule has 2 saturated heterocycles. The largest absolute Gasteiger partial charge is 0.472 e. The minimum Gasteiger partial charge on any atom is -0.472 e. The molecule has 5 aliphatic rings. The first kappa shape index (κ1) is 34.5. The summed E-state index contributed by atoms with van der Waals surface area (Å²) in [4.78, 5) is 40.6. The number of hydrogen-bond donors (Lipinski definition) is 0. The highest BCUT2D eigenvalue weighted by molar-refractivity contribution is 5.88. The molecule has 0 spiro atoms. The zero-order valence-electron chi connectivity index (χ0n) is 30.0. The number of hydrogen-bond acceptors (Lipinski definition) is 9. The fourth-order valence-corrected chi connectivity index (χ4v) is 10.7. The summed E-state index contributed by atoms with van der Waals surface area (Å²) in [5.41, 5.74) is 2.75. The van der Waals surface area contributed by atoms with Crippen molar-refractivity contribution in [2.75, 3.05) is 13.7 Å². The molecule has 3 heterocycles. The fraction of sp³-hybridized carbons (Fsp3) is 0.537. The molecule has 3 aliphatic carbocycles. The molecule has 0 bridgehead atoms. The van der Waals surface area contributed by atoms with Crippen LogP contribution in [0.15, 0.2) is 82.2 Å². The number of fused-ring (bicyclic) bond motifs is 4. The van der Waals surface area contributed by atoms with E-state index >= 15 is 0 Å². The summed E-state index contributed by atoms with van der Waals surface area (Å²) < 4.78 is 37.5. The normalized spacial score (nSPS) is 38.8. The fourth-order valence-electron chi connectivity index (χ4n) is 10.7. The van der Waals surface area contributed by atoms with Gasteiger partial charge in [-0.25, -0.2) is 9.59 Å². The molecule has 1 aromatic carbocycles. The monoisotopic (exact) mass is 684 g/mol. The van der Waals surface area contributed by atoms with Crippen LogP contribution in [0.1, 0.15) is 77.8 Å². The molecule has 7 rings (SSSR count). The van der Waals surface area contributed by atoms with E-state index < -0.39 is 46.5 Å². The van der Waals surface area contributed by atoms with Crippen molar-refractivity contribution in [3.63, 3.8) is 0 Å². The van der Waals surface area contributed by atoms with E-state index in [0.717, 1.165) is 17.5 Å². The molecule has 266 valence electrons. The number of benzene rings is 1. The van der Waals surface area contributed by atoms with Crippen LogP contribution in [-0.2, 0) is 38.1 Å². The average Bonchev–Trinajstić information content (AvgIpc) is 3.89. The third kappa shape index (κ3) is 5.14. The molecule has 9 nitrogen and oxygen atoms in total. The summed E-state index contributed by atoms with van der Waals surface area (Å²) in [5.74, 6) is -1.78. The second-order valence-corrected chi connectivity index (χ2v) is 15.5. The van der Waals surface area contributed by atoms with Gasteiger partial charge in [-0.2, -0.15) is 0 Å². The highest BCUT2D eigenvalue weighted by Crippen LogP contribution is 2.74. The predicted octanol–water partition coefficient (Wildman–Crippen LogP) is 6.98. The van der Waals surface area contributed by atoms with Crippen LogP contribution in [0.4, 0.5) is 0 Å². The number of carbonyl (C=O) groups is 3. The van der Waals surface area contributed by atoms with E-state index in [4.69, 9.17) is 28.1 Å². The van der Waals surface area contributed by atoms with Gasteiger partial charge in [0.1, 0.15) is 12.2 Å². The van der Waals surface area contributed by atoms with E-state index in [9.17, 15) is 14.4 Å². The molecule has 1 aromatic heterocycles. The maximum Gasteiger partial charge on any atom is 0.333 e. The van der Waals surface area contributed by atoms with E-state index in [-0.39, 0.29) is 48.8 Å².